The van der Waals surface area contributed by atoms with Crippen LogP contribution < -0.4 is 0 Å². The molecule has 0 aliphatic rings. The summed E-state index contributed by atoms with van der Waals surface area (Å²) in [5.74, 6) is 0.220. The molecule has 130 valence electrons. The van der Waals surface area contributed by atoms with Gasteiger partial charge in [-0.25, -0.2) is 0 Å². The Labute approximate surface area is 150 Å². The van der Waals surface area contributed by atoms with E-state index in [1.807, 2.05) is 19.1 Å². The summed E-state index contributed by atoms with van der Waals surface area (Å²) >= 11 is 3.45. The van der Waals surface area contributed by atoms with Gasteiger partial charge >= 0.3 is 5.97 Å². The Balaban J connectivity index is 2.23. The second kappa shape index (κ2) is 11.7. The van der Waals surface area contributed by atoms with E-state index in [1.54, 1.807) is 0 Å². The van der Waals surface area contributed by atoms with Gasteiger partial charge in [-0.15, -0.1) is 0 Å². The second-order valence-corrected chi connectivity index (χ2v) is 7.31. The molecule has 0 bridgehead atoms. The molecule has 3 heteroatoms. The summed E-state index contributed by atoms with van der Waals surface area (Å²) in [4.78, 5) is 12.1. The first kappa shape index (κ1) is 20.2. The monoisotopic (exact) mass is 382 g/mol. The Bertz CT molecular complexity index is 439. The van der Waals surface area contributed by atoms with Gasteiger partial charge in [-0.1, -0.05) is 79.7 Å². The Hall–Kier alpha value is -0.830. The maximum atomic E-state index is 12.1. The summed E-state index contributed by atoms with van der Waals surface area (Å²) < 4.78 is 5.42. The molecule has 1 aromatic carbocycles. The van der Waals surface area contributed by atoms with Gasteiger partial charge in [-0.3, -0.25) is 4.79 Å². The van der Waals surface area contributed by atoms with Crippen molar-refractivity contribution in [3.63, 3.8) is 0 Å². The molecule has 0 N–H and O–H groups in total. The average molecular weight is 383 g/mol. The number of halogens is 1. The third-order valence-corrected chi connectivity index (χ3v) is 4.79. The summed E-state index contributed by atoms with van der Waals surface area (Å²) in [5, 5.41) is 1.10. The minimum Gasteiger partial charge on any atom is -0.465 e. The van der Waals surface area contributed by atoms with Crippen LogP contribution in [0.4, 0.5) is 0 Å². The highest BCUT2D eigenvalue weighted by Crippen LogP contribution is 2.21. The summed E-state index contributed by atoms with van der Waals surface area (Å²) in [6.07, 6.45) is 7.16. The van der Waals surface area contributed by atoms with Crippen LogP contribution in [0.3, 0.4) is 0 Å². The molecular formula is C20H31BrO2. The molecule has 2 nitrogen and oxygen atoms in total. The Morgan fingerprint density at radius 2 is 1.43 bits per heavy atom. The zero-order valence-corrected chi connectivity index (χ0v) is 16.4. The smallest absolute Gasteiger partial charge is 0.313 e. The lowest BCUT2D eigenvalue weighted by Gasteiger charge is -2.13. The van der Waals surface area contributed by atoms with Crippen molar-refractivity contribution < 1.29 is 9.53 Å². The van der Waals surface area contributed by atoms with E-state index < -0.39 is 0 Å². The molecule has 0 saturated heterocycles. The first-order valence-corrected chi connectivity index (χ1v) is 10.0. The predicted molar refractivity (Wildman–Crippen MR) is 101 cm³/mol. The number of unbranched alkanes of at least 4 members (excludes halogenated alkanes) is 5. The van der Waals surface area contributed by atoms with E-state index in [2.05, 4.69) is 41.9 Å². The molecule has 0 heterocycles. The molecule has 0 spiro atoms. The van der Waals surface area contributed by atoms with Gasteiger partial charge < -0.3 is 4.74 Å². The van der Waals surface area contributed by atoms with Crippen LogP contribution in [-0.2, 0) is 9.53 Å². The minimum absolute atomic E-state index is 0.110. The maximum absolute atomic E-state index is 12.1. The van der Waals surface area contributed by atoms with Gasteiger partial charge in [-0.05, 0) is 36.8 Å². The van der Waals surface area contributed by atoms with Crippen LogP contribution in [0.5, 0.6) is 0 Å². The standard InChI is InChI=1S/C20H31BrO2/c1-16(2)18-10-12-19(13-11-18)17(3)20(22)23-15-9-7-5-4-6-8-14-21/h10-13,16-17H,4-9,14-15H2,1-3H3/t17-/m0/s1. The number of hydrogen-bond donors (Lipinski definition) is 0. The molecule has 0 amide bonds. The summed E-state index contributed by atoms with van der Waals surface area (Å²) in [7, 11) is 0. The van der Waals surface area contributed by atoms with Gasteiger partial charge in [0.2, 0.25) is 0 Å². The summed E-state index contributed by atoms with van der Waals surface area (Å²) in [5.41, 5.74) is 2.34. The van der Waals surface area contributed by atoms with Crippen molar-refractivity contribution in [3.05, 3.63) is 35.4 Å². The Morgan fingerprint density at radius 3 is 2.00 bits per heavy atom. The molecule has 0 saturated carbocycles. The normalized spacial score (nSPS) is 12.4. The lowest BCUT2D eigenvalue weighted by atomic mass is 9.96. The predicted octanol–water partition coefficient (Wildman–Crippen LogP) is 6.19. The fourth-order valence-electron chi connectivity index (χ4n) is 2.51. The van der Waals surface area contributed by atoms with E-state index in [1.165, 1.54) is 31.2 Å². The molecule has 0 aliphatic carbocycles. The number of benzene rings is 1. The van der Waals surface area contributed by atoms with Crippen LogP contribution in [-0.4, -0.2) is 17.9 Å². The molecule has 1 aromatic rings. The molecule has 0 fully saturated rings. The van der Waals surface area contributed by atoms with Crippen LogP contribution in [0.1, 0.15) is 82.3 Å². The third kappa shape index (κ3) is 8.01. The molecule has 1 atom stereocenters. The lowest BCUT2D eigenvalue weighted by molar-refractivity contribution is -0.145. The number of carbonyl (C=O) groups is 1. The fourth-order valence-corrected chi connectivity index (χ4v) is 2.90. The minimum atomic E-state index is -0.185. The van der Waals surface area contributed by atoms with E-state index in [9.17, 15) is 4.79 Å². The van der Waals surface area contributed by atoms with E-state index in [4.69, 9.17) is 4.74 Å². The maximum Gasteiger partial charge on any atom is 0.313 e. The van der Waals surface area contributed by atoms with Crippen molar-refractivity contribution in [1.82, 2.24) is 0 Å². The lowest BCUT2D eigenvalue weighted by Crippen LogP contribution is -2.14. The van der Waals surface area contributed by atoms with E-state index in [-0.39, 0.29) is 11.9 Å². The van der Waals surface area contributed by atoms with Crippen molar-refractivity contribution in [3.8, 4) is 0 Å². The van der Waals surface area contributed by atoms with Crippen molar-refractivity contribution in [2.45, 2.75) is 71.1 Å². The highest BCUT2D eigenvalue weighted by Gasteiger charge is 2.16. The number of alkyl halides is 1. The SMILES string of the molecule is CC(C)c1ccc([C@H](C)C(=O)OCCCCCCCCBr)cc1. The van der Waals surface area contributed by atoms with Gasteiger partial charge in [0.05, 0.1) is 12.5 Å². The van der Waals surface area contributed by atoms with Crippen LogP contribution in [0.25, 0.3) is 0 Å². The zero-order valence-electron chi connectivity index (χ0n) is 14.8. The van der Waals surface area contributed by atoms with Gasteiger partial charge in [0.25, 0.3) is 0 Å². The molecule has 0 aromatic heterocycles. The van der Waals surface area contributed by atoms with Crippen LogP contribution in [0, 0.1) is 0 Å². The van der Waals surface area contributed by atoms with Gasteiger partial charge in [0, 0.05) is 5.33 Å². The van der Waals surface area contributed by atoms with Gasteiger partial charge in [0.1, 0.15) is 0 Å². The van der Waals surface area contributed by atoms with Crippen molar-refractivity contribution >= 4 is 21.9 Å². The van der Waals surface area contributed by atoms with Crippen LogP contribution in [0.2, 0.25) is 0 Å². The Morgan fingerprint density at radius 1 is 0.913 bits per heavy atom. The fraction of sp³-hybridized carbons (Fsp3) is 0.650. The van der Waals surface area contributed by atoms with Crippen molar-refractivity contribution in [2.75, 3.05) is 11.9 Å². The topological polar surface area (TPSA) is 26.3 Å². The van der Waals surface area contributed by atoms with E-state index in [0.29, 0.717) is 12.5 Å². The largest absolute Gasteiger partial charge is 0.465 e. The quantitative estimate of drug-likeness (QED) is 0.259. The number of rotatable bonds is 11. The number of carbonyl (C=O) groups excluding carboxylic acids is 1. The highest BCUT2D eigenvalue weighted by molar-refractivity contribution is 9.09. The van der Waals surface area contributed by atoms with Gasteiger partial charge in [0.15, 0.2) is 0 Å². The summed E-state index contributed by atoms with van der Waals surface area (Å²) in [6.45, 7) is 6.82. The highest BCUT2D eigenvalue weighted by atomic mass is 79.9. The molecule has 0 aliphatic heterocycles. The van der Waals surface area contributed by atoms with Crippen LogP contribution in [0.15, 0.2) is 24.3 Å². The zero-order chi connectivity index (χ0) is 17.1. The number of hydrogen-bond acceptors (Lipinski definition) is 2. The Kier molecular flexibility index (Phi) is 10.3. The molecule has 0 radical (unpaired) electrons. The second-order valence-electron chi connectivity index (χ2n) is 6.52. The number of esters is 1. The molecule has 0 unspecified atom stereocenters. The molecule has 1 rings (SSSR count). The number of ether oxygens (including phenoxy) is 1. The van der Waals surface area contributed by atoms with Crippen LogP contribution >= 0.6 is 15.9 Å². The average Bonchev–Trinajstić information content (AvgIpc) is 2.56. The molecule has 23 heavy (non-hydrogen) atoms. The van der Waals surface area contributed by atoms with E-state index in [0.717, 1.165) is 23.7 Å². The van der Waals surface area contributed by atoms with E-state index >= 15 is 0 Å². The van der Waals surface area contributed by atoms with Crippen molar-refractivity contribution in [2.24, 2.45) is 0 Å². The first-order chi connectivity index (χ1) is 11.1. The third-order valence-electron chi connectivity index (χ3n) is 4.23. The van der Waals surface area contributed by atoms with Crippen molar-refractivity contribution in [1.29, 1.82) is 0 Å². The molecular weight excluding hydrogens is 352 g/mol. The first-order valence-electron chi connectivity index (χ1n) is 8.88. The summed E-state index contributed by atoms with van der Waals surface area (Å²) in [6, 6.07) is 8.31. The van der Waals surface area contributed by atoms with Gasteiger partial charge in [-0.2, -0.15) is 0 Å².